The predicted molar refractivity (Wildman–Crippen MR) is 118 cm³/mol. The minimum Gasteiger partial charge on any atom is -0.480 e. The Morgan fingerprint density at radius 2 is 2.16 bits per heavy atom. The fourth-order valence-corrected chi connectivity index (χ4v) is 3.17. The van der Waals surface area contributed by atoms with Crippen molar-refractivity contribution < 1.29 is 14.3 Å². The monoisotopic (exact) mass is 466 g/mol. The van der Waals surface area contributed by atoms with Gasteiger partial charge in [-0.3, -0.25) is 4.79 Å². The third-order valence-electron chi connectivity index (χ3n) is 4.34. The van der Waals surface area contributed by atoms with Crippen LogP contribution in [0.4, 0.5) is 15.9 Å². The number of rotatable bonds is 6. The van der Waals surface area contributed by atoms with Crippen molar-refractivity contribution in [1.82, 2.24) is 10.3 Å². The van der Waals surface area contributed by atoms with Crippen LogP contribution in [-0.2, 0) is 4.79 Å². The summed E-state index contributed by atoms with van der Waals surface area (Å²) in [5.41, 5.74) is 0.430. The van der Waals surface area contributed by atoms with E-state index >= 15 is 0 Å². The molecule has 0 radical (unpaired) electrons. The minimum atomic E-state index is -1.08. The summed E-state index contributed by atoms with van der Waals surface area (Å²) >= 11 is 9.44. The Hall–Kier alpha value is -2.94. The highest BCUT2D eigenvalue weighted by Gasteiger charge is 2.26. The molecule has 0 unspecified atom stereocenters. The van der Waals surface area contributed by atoms with E-state index < -0.39 is 5.97 Å². The Morgan fingerprint density at radius 3 is 2.71 bits per heavy atom. The molecule has 2 aromatic rings. The Labute approximate surface area is 188 Å². The number of carbonyl (C=O) groups is 1. The second-order valence-corrected chi connectivity index (χ2v) is 7.31. The molecule has 31 heavy (non-hydrogen) atoms. The Balaban J connectivity index is 0.000000316. The van der Waals surface area contributed by atoms with E-state index in [2.05, 4.69) is 33.5 Å². The van der Waals surface area contributed by atoms with Gasteiger partial charge in [0.2, 0.25) is 0 Å². The second-order valence-electron chi connectivity index (χ2n) is 6.42. The van der Waals surface area contributed by atoms with Gasteiger partial charge in [0, 0.05) is 11.1 Å². The maximum Gasteiger partial charge on any atom is 0.322 e. The molecule has 1 fully saturated rings. The molecule has 1 aliphatic heterocycles. The van der Waals surface area contributed by atoms with E-state index in [-0.39, 0.29) is 35.5 Å². The van der Waals surface area contributed by atoms with Crippen molar-refractivity contribution in [2.45, 2.75) is 23.8 Å². The molecular formula is C19H20ClFN6O3S. The number of carboxylic acid groups (broad SMARTS) is 1. The number of nitrogens with zero attached hydrogens (tertiary/aromatic N) is 4. The number of aromatic nitrogens is 1. The first-order chi connectivity index (χ1) is 14.9. The third kappa shape index (κ3) is 7.06. The van der Waals surface area contributed by atoms with Gasteiger partial charge in [-0.05, 0) is 50.2 Å². The van der Waals surface area contributed by atoms with E-state index in [9.17, 15) is 19.4 Å². The van der Waals surface area contributed by atoms with Crippen LogP contribution in [0.2, 0.25) is 5.02 Å². The van der Waals surface area contributed by atoms with Gasteiger partial charge >= 0.3 is 5.97 Å². The van der Waals surface area contributed by atoms with Crippen LogP contribution in [0.25, 0.3) is 0 Å². The van der Waals surface area contributed by atoms with Crippen molar-refractivity contribution in [3.63, 3.8) is 0 Å². The smallest absolute Gasteiger partial charge is 0.322 e. The lowest BCUT2D eigenvalue weighted by Crippen LogP contribution is -2.41. The number of thiol groups is 1. The van der Waals surface area contributed by atoms with Crippen molar-refractivity contribution in [3.05, 3.63) is 51.8 Å². The molecule has 0 aliphatic carbocycles. The van der Waals surface area contributed by atoms with Gasteiger partial charge in [-0.1, -0.05) is 11.6 Å². The van der Waals surface area contributed by atoms with Gasteiger partial charge in [-0.15, -0.1) is 17.5 Å². The number of hydrogen-bond acceptors (Lipinski definition) is 8. The summed E-state index contributed by atoms with van der Waals surface area (Å²) in [6, 6.07) is 7.34. The first kappa shape index (κ1) is 24.3. The summed E-state index contributed by atoms with van der Waals surface area (Å²) in [4.78, 5) is 26.7. The average molecular weight is 467 g/mol. The molecule has 1 aliphatic rings. The fraction of sp³-hybridized carbons (Fsp3) is 0.316. The Bertz CT molecular complexity index is 968. The van der Waals surface area contributed by atoms with Gasteiger partial charge in [0.25, 0.3) is 0 Å². The fourth-order valence-electron chi connectivity index (χ4n) is 2.87. The number of anilines is 2. The summed E-state index contributed by atoms with van der Waals surface area (Å²) in [5.74, 6) is -1.23. The molecule has 0 saturated carbocycles. The first-order valence-electron chi connectivity index (χ1n) is 9.19. The van der Waals surface area contributed by atoms with Crippen LogP contribution in [0.3, 0.4) is 0 Å². The van der Waals surface area contributed by atoms with Gasteiger partial charge in [0.05, 0.1) is 27.6 Å². The molecule has 0 spiro atoms. The van der Waals surface area contributed by atoms with Gasteiger partial charge in [-0.2, -0.15) is 5.26 Å². The number of aliphatic carboxylic acids is 1. The van der Waals surface area contributed by atoms with E-state index in [1.165, 1.54) is 35.5 Å². The number of pyridine rings is 1. The minimum absolute atomic E-state index is 0.134. The van der Waals surface area contributed by atoms with Crippen molar-refractivity contribution in [1.29, 1.82) is 5.26 Å². The van der Waals surface area contributed by atoms with Gasteiger partial charge < -0.3 is 15.7 Å². The first-order valence-corrected chi connectivity index (χ1v) is 10.0. The maximum absolute atomic E-state index is 12.2. The average Bonchev–Trinajstić information content (AvgIpc) is 2.77. The molecule has 0 bridgehead atoms. The van der Waals surface area contributed by atoms with Gasteiger partial charge in [0.15, 0.2) is 5.82 Å². The molecule has 1 aromatic carbocycles. The van der Waals surface area contributed by atoms with Crippen LogP contribution in [0, 0.1) is 22.1 Å². The number of hydrogen-bond donors (Lipinski definition) is 4. The van der Waals surface area contributed by atoms with E-state index in [1.807, 2.05) is 6.07 Å². The van der Waals surface area contributed by atoms with Crippen LogP contribution < -0.4 is 15.6 Å². The quantitative estimate of drug-likeness (QED) is 0.289. The van der Waals surface area contributed by atoms with Crippen molar-refractivity contribution in [2.24, 2.45) is 5.29 Å². The van der Waals surface area contributed by atoms with Crippen LogP contribution in [-0.4, -0.2) is 41.7 Å². The van der Waals surface area contributed by atoms with E-state index in [1.54, 1.807) is 0 Å². The number of benzene rings is 1. The number of nitroso groups, excluding NO2 is 1. The highest BCUT2D eigenvalue weighted by Crippen LogP contribution is 2.30. The SMILES string of the molecule is Fc1ccc(S)c(Cl)c1.N#Cc1ccnc(N(N=O)C2CCNCC2)c1NCC(=O)O. The van der Waals surface area contributed by atoms with Crippen LogP contribution in [0.5, 0.6) is 0 Å². The summed E-state index contributed by atoms with van der Waals surface area (Å²) in [5, 5.41) is 28.4. The largest absolute Gasteiger partial charge is 0.480 e. The van der Waals surface area contributed by atoms with Crippen LogP contribution >= 0.6 is 24.2 Å². The molecule has 3 N–H and O–H groups in total. The maximum atomic E-state index is 12.2. The van der Waals surface area contributed by atoms with Crippen LogP contribution in [0.15, 0.2) is 40.6 Å². The Kier molecular flexibility index (Phi) is 9.45. The normalized spacial score (nSPS) is 13.4. The lowest BCUT2D eigenvalue weighted by Gasteiger charge is -2.30. The zero-order valence-electron chi connectivity index (χ0n) is 16.3. The van der Waals surface area contributed by atoms with Gasteiger partial charge in [-0.25, -0.2) is 14.4 Å². The van der Waals surface area contributed by atoms with Crippen molar-refractivity contribution in [3.8, 4) is 6.07 Å². The molecule has 1 saturated heterocycles. The molecule has 1 aromatic heterocycles. The van der Waals surface area contributed by atoms with Crippen LogP contribution in [0.1, 0.15) is 18.4 Å². The standard InChI is InChI=1S/C13H16N6O3.C6H4ClFS/c14-7-9-1-6-16-13(12(9)17-8-11(20)21)19(18-22)10-2-4-15-5-3-10;7-5-3-4(8)1-2-6(5)9/h1,6,10,15,17H,2-5,8H2,(H,20,21);1-3,9H. The lowest BCUT2D eigenvalue weighted by atomic mass is 10.1. The Morgan fingerprint density at radius 1 is 1.45 bits per heavy atom. The summed E-state index contributed by atoms with van der Waals surface area (Å²) in [6.07, 6.45) is 2.82. The highest BCUT2D eigenvalue weighted by molar-refractivity contribution is 7.80. The predicted octanol–water partition coefficient (Wildman–Crippen LogP) is 3.46. The van der Waals surface area contributed by atoms with E-state index in [4.69, 9.17) is 16.7 Å². The molecule has 0 amide bonds. The highest BCUT2D eigenvalue weighted by atomic mass is 35.5. The van der Waals surface area contributed by atoms with Crippen molar-refractivity contribution >= 4 is 41.7 Å². The molecule has 164 valence electrons. The molecule has 0 atom stereocenters. The van der Waals surface area contributed by atoms with E-state index in [0.717, 1.165) is 13.1 Å². The lowest BCUT2D eigenvalue weighted by molar-refractivity contribution is -0.134. The van der Waals surface area contributed by atoms with E-state index in [0.29, 0.717) is 22.8 Å². The third-order valence-corrected chi connectivity index (χ3v) is 5.17. The van der Waals surface area contributed by atoms with Crippen molar-refractivity contribution in [2.75, 3.05) is 30.0 Å². The molecular weight excluding hydrogens is 447 g/mol. The summed E-state index contributed by atoms with van der Waals surface area (Å²) in [7, 11) is 0. The number of piperidine rings is 1. The topological polar surface area (TPSA) is 131 Å². The molecule has 2 heterocycles. The zero-order valence-corrected chi connectivity index (χ0v) is 17.9. The second kappa shape index (κ2) is 12.0. The zero-order chi connectivity index (χ0) is 22.8. The number of nitriles is 1. The molecule has 3 rings (SSSR count). The molecule has 12 heteroatoms. The number of nitrogens with one attached hydrogen (secondary N) is 2. The number of halogens is 2. The van der Waals surface area contributed by atoms with Gasteiger partial charge in [0.1, 0.15) is 18.4 Å². The number of carboxylic acids is 1. The molecule has 9 nitrogen and oxygen atoms in total. The summed E-state index contributed by atoms with van der Waals surface area (Å²) < 4.78 is 12.2. The summed E-state index contributed by atoms with van der Waals surface area (Å²) in [6.45, 7) is 1.13.